The van der Waals surface area contributed by atoms with Crippen LogP contribution < -0.4 is 10.1 Å². The first-order valence-electron chi connectivity index (χ1n) is 7.51. The van der Waals surface area contributed by atoms with Gasteiger partial charge in [-0.3, -0.25) is 9.59 Å². The SMILES string of the molecule is COc1ccc(NC(=O)COC(=O)[C@@H](C)Sc2ccccc2)cc1Cl. The molecule has 0 aliphatic heterocycles. The Labute approximate surface area is 155 Å². The maximum atomic E-state index is 12.0. The number of methoxy groups -OCH3 is 1. The summed E-state index contributed by atoms with van der Waals surface area (Å²) in [4.78, 5) is 24.8. The Balaban J connectivity index is 1.80. The number of nitrogens with one attached hydrogen (secondary N) is 1. The number of hydrogen-bond donors (Lipinski definition) is 1. The van der Waals surface area contributed by atoms with E-state index < -0.39 is 17.1 Å². The molecule has 1 N–H and O–H groups in total. The van der Waals surface area contributed by atoms with Crippen molar-refractivity contribution in [2.24, 2.45) is 0 Å². The summed E-state index contributed by atoms with van der Waals surface area (Å²) in [5.74, 6) is -0.374. The van der Waals surface area contributed by atoms with Crippen LogP contribution in [0.5, 0.6) is 5.75 Å². The van der Waals surface area contributed by atoms with Gasteiger partial charge in [-0.25, -0.2) is 0 Å². The lowest BCUT2D eigenvalue weighted by Crippen LogP contribution is -2.24. The van der Waals surface area contributed by atoms with Crippen molar-refractivity contribution >= 4 is 40.9 Å². The smallest absolute Gasteiger partial charge is 0.319 e. The molecule has 0 saturated carbocycles. The molecule has 5 nitrogen and oxygen atoms in total. The summed E-state index contributed by atoms with van der Waals surface area (Å²) in [6.45, 7) is 1.38. The van der Waals surface area contributed by atoms with E-state index in [1.807, 2.05) is 30.3 Å². The van der Waals surface area contributed by atoms with Gasteiger partial charge in [0.25, 0.3) is 5.91 Å². The third-order valence-corrected chi connectivity index (χ3v) is 4.55. The van der Waals surface area contributed by atoms with Crippen LogP contribution in [0.3, 0.4) is 0 Å². The standard InChI is InChI=1S/C18H18ClNO4S/c1-12(25-14-6-4-3-5-7-14)18(22)24-11-17(21)20-13-8-9-16(23-2)15(19)10-13/h3-10,12H,11H2,1-2H3,(H,20,21)/t12-/m1/s1. The summed E-state index contributed by atoms with van der Waals surface area (Å²) in [5, 5.41) is 2.58. The van der Waals surface area contributed by atoms with Crippen molar-refractivity contribution in [3.05, 3.63) is 53.6 Å². The number of amides is 1. The van der Waals surface area contributed by atoms with E-state index in [1.165, 1.54) is 18.9 Å². The van der Waals surface area contributed by atoms with E-state index in [-0.39, 0.29) is 6.61 Å². The monoisotopic (exact) mass is 379 g/mol. The van der Waals surface area contributed by atoms with E-state index in [0.717, 1.165) is 4.90 Å². The lowest BCUT2D eigenvalue weighted by atomic mass is 10.3. The Bertz CT molecular complexity index is 739. The van der Waals surface area contributed by atoms with Crippen LogP contribution in [-0.2, 0) is 14.3 Å². The molecule has 0 heterocycles. The first-order chi connectivity index (χ1) is 12.0. The van der Waals surface area contributed by atoms with Crippen LogP contribution >= 0.6 is 23.4 Å². The molecule has 0 aliphatic rings. The molecule has 0 bridgehead atoms. The predicted molar refractivity (Wildman–Crippen MR) is 99.4 cm³/mol. The second kappa shape index (κ2) is 9.34. The molecule has 0 fully saturated rings. The van der Waals surface area contributed by atoms with Crippen molar-refractivity contribution < 1.29 is 19.1 Å². The van der Waals surface area contributed by atoms with Gasteiger partial charge in [0.1, 0.15) is 11.0 Å². The van der Waals surface area contributed by atoms with Gasteiger partial charge >= 0.3 is 5.97 Å². The molecule has 1 atom stereocenters. The minimum atomic E-state index is -0.447. The van der Waals surface area contributed by atoms with Crippen LogP contribution in [0.4, 0.5) is 5.69 Å². The predicted octanol–water partition coefficient (Wildman–Crippen LogP) is 4.01. The normalized spacial score (nSPS) is 11.5. The van der Waals surface area contributed by atoms with Crippen molar-refractivity contribution in [1.82, 2.24) is 0 Å². The minimum absolute atomic E-state index is 0.359. The number of thioether (sulfide) groups is 1. The number of carbonyl (C=O) groups is 2. The molecule has 2 aromatic carbocycles. The van der Waals surface area contributed by atoms with Gasteiger partial charge in [-0.1, -0.05) is 29.8 Å². The van der Waals surface area contributed by atoms with Crippen LogP contribution in [0.25, 0.3) is 0 Å². The molecule has 0 spiro atoms. The third-order valence-electron chi connectivity index (χ3n) is 3.17. The second-order valence-electron chi connectivity index (χ2n) is 5.08. The van der Waals surface area contributed by atoms with Crippen LogP contribution in [0.2, 0.25) is 5.02 Å². The summed E-state index contributed by atoms with van der Waals surface area (Å²) >= 11 is 7.37. The van der Waals surface area contributed by atoms with E-state index in [2.05, 4.69) is 5.32 Å². The topological polar surface area (TPSA) is 64.6 Å². The lowest BCUT2D eigenvalue weighted by molar-refractivity contribution is -0.146. The van der Waals surface area contributed by atoms with Gasteiger partial charge in [0.05, 0.1) is 12.1 Å². The first kappa shape index (κ1) is 19.1. The van der Waals surface area contributed by atoms with Crippen molar-refractivity contribution in [2.75, 3.05) is 19.0 Å². The minimum Gasteiger partial charge on any atom is -0.495 e. The Hall–Kier alpha value is -2.18. The Morgan fingerprint density at radius 2 is 1.92 bits per heavy atom. The number of carbonyl (C=O) groups excluding carboxylic acids is 2. The third kappa shape index (κ3) is 5.99. The van der Waals surface area contributed by atoms with Gasteiger partial charge in [-0.2, -0.15) is 0 Å². The number of ether oxygens (including phenoxy) is 2. The van der Waals surface area contributed by atoms with E-state index in [0.29, 0.717) is 16.5 Å². The molecule has 132 valence electrons. The Morgan fingerprint density at radius 1 is 1.20 bits per heavy atom. The molecule has 0 radical (unpaired) electrons. The molecule has 2 aromatic rings. The van der Waals surface area contributed by atoms with Crippen molar-refractivity contribution in [2.45, 2.75) is 17.1 Å². The van der Waals surface area contributed by atoms with Gasteiger partial charge in [0.2, 0.25) is 0 Å². The van der Waals surface area contributed by atoms with Crippen molar-refractivity contribution in [3.63, 3.8) is 0 Å². The van der Waals surface area contributed by atoms with E-state index in [4.69, 9.17) is 21.1 Å². The average molecular weight is 380 g/mol. The number of hydrogen-bond acceptors (Lipinski definition) is 5. The molecule has 0 saturated heterocycles. The molecule has 25 heavy (non-hydrogen) atoms. The van der Waals surface area contributed by atoms with Crippen LogP contribution in [0.15, 0.2) is 53.4 Å². The zero-order chi connectivity index (χ0) is 18.2. The summed E-state index contributed by atoms with van der Waals surface area (Å²) in [5.41, 5.74) is 0.499. The highest BCUT2D eigenvalue weighted by molar-refractivity contribution is 8.00. The molecule has 0 unspecified atom stereocenters. The first-order valence-corrected chi connectivity index (χ1v) is 8.77. The largest absolute Gasteiger partial charge is 0.495 e. The average Bonchev–Trinajstić information content (AvgIpc) is 2.60. The van der Waals surface area contributed by atoms with Gasteiger partial charge < -0.3 is 14.8 Å². The summed E-state index contributed by atoms with van der Waals surface area (Å²) in [7, 11) is 1.51. The highest BCUT2D eigenvalue weighted by atomic mass is 35.5. The quantitative estimate of drug-likeness (QED) is 0.581. The van der Waals surface area contributed by atoms with E-state index >= 15 is 0 Å². The maximum absolute atomic E-state index is 12.0. The van der Waals surface area contributed by atoms with Crippen LogP contribution in [0.1, 0.15) is 6.92 Å². The molecule has 1 amide bonds. The number of esters is 1. The fourth-order valence-electron chi connectivity index (χ4n) is 1.95. The van der Waals surface area contributed by atoms with E-state index in [1.54, 1.807) is 25.1 Å². The van der Waals surface area contributed by atoms with Crippen molar-refractivity contribution in [3.8, 4) is 5.75 Å². The molecular formula is C18H18ClNO4S. The fourth-order valence-corrected chi connectivity index (χ4v) is 3.09. The zero-order valence-corrected chi connectivity index (χ0v) is 15.4. The number of benzene rings is 2. The number of rotatable bonds is 7. The highest BCUT2D eigenvalue weighted by Crippen LogP contribution is 2.27. The number of halogens is 1. The van der Waals surface area contributed by atoms with Crippen molar-refractivity contribution in [1.29, 1.82) is 0 Å². The summed E-state index contributed by atoms with van der Waals surface area (Å²) in [6.07, 6.45) is 0. The van der Waals surface area contributed by atoms with E-state index in [9.17, 15) is 9.59 Å². The Kier molecular flexibility index (Phi) is 7.16. The second-order valence-corrected chi connectivity index (χ2v) is 6.90. The maximum Gasteiger partial charge on any atom is 0.319 e. The summed E-state index contributed by atoms with van der Waals surface area (Å²) < 4.78 is 10.1. The highest BCUT2D eigenvalue weighted by Gasteiger charge is 2.17. The molecule has 0 aliphatic carbocycles. The Morgan fingerprint density at radius 3 is 2.56 bits per heavy atom. The molecular weight excluding hydrogens is 362 g/mol. The number of anilines is 1. The van der Waals surface area contributed by atoms with Gasteiger partial charge in [-0.15, -0.1) is 11.8 Å². The lowest BCUT2D eigenvalue weighted by Gasteiger charge is -2.12. The summed E-state index contributed by atoms with van der Waals surface area (Å²) in [6, 6.07) is 14.4. The van der Waals surface area contributed by atoms with Crippen LogP contribution in [-0.4, -0.2) is 30.8 Å². The molecule has 7 heteroatoms. The van der Waals surface area contributed by atoms with Gasteiger partial charge in [0.15, 0.2) is 6.61 Å². The molecule has 2 rings (SSSR count). The van der Waals surface area contributed by atoms with Crippen LogP contribution in [0, 0.1) is 0 Å². The van der Waals surface area contributed by atoms with Gasteiger partial charge in [-0.05, 0) is 37.3 Å². The van der Waals surface area contributed by atoms with Gasteiger partial charge in [0, 0.05) is 10.6 Å². The molecule has 0 aromatic heterocycles. The fraction of sp³-hybridized carbons (Fsp3) is 0.222. The zero-order valence-electron chi connectivity index (χ0n) is 13.8.